The summed E-state index contributed by atoms with van der Waals surface area (Å²) in [4.78, 5) is 6.59. The summed E-state index contributed by atoms with van der Waals surface area (Å²) in [5, 5.41) is 3.97. The number of likely N-dealkylation sites (tertiary alicyclic amines) is 1. The first-order chi connectivity index (χ1) is 10.3. The highest BCUT2D eigenvalue weighted by Gasteiger charge is 2.20. The van der Waals surface area contributed by atoms with Crippen molar-refractivity contribution in [3.05, 3.63) is 30.2 Å². The molecule has 0 spiro atoms. The number of piperidine rings is 1. The zero-order valence-corrected chi connectivity index (χ0v) is 12.2. The molecule has 1 saturated heterocycles. The first kappa shape index (κ1) is 14.0. The fourth-order valence-corrected chi connectivity index (χ4v) is 2.48. The lowest BCUT2D eigenvalue weighted by molar-refractivity contribution is 0.115. The normalized spacial score (nSPS) is 17.0. The highest BCUT2D eigenvalue weighted by molar-refractivity contribution is 5.63. The van der Waals surface area contributed by atoms with Crippen molar-refractivity contribution in [2.45, 2.75) is 25.5 Å². The summed E-state index contributed by atoms with van der Waals surface area (Å²) in [6.45, 7) is 2.36. The van der Waals surface area contributed by atoms with Crippen LogP contribution in [0.25, 0.3) is 11.4 Å². The zero-order chi connectivity index (χ0) is 14.7. The van der Waals surface area contributed by atoms with Crippen molar-refractivity contribution in [2.75, 3.05) is 20.1 Å². The Bertz CT molecular complexity index is 591. The number of para-hydroxylation sites is 1. The molecule has 0 unspecified atom stereocenters. The van der Waals surface area contributed by atoms with Gasteiger partial charge in [-0.05, 0) is 32.0 Å². The van der Waals surface area contributed by atoms with E-state index in [1.807, 2.05) is 24.3 Å². The summed E-state index contributed by atoms with van der Waals surface area (Å²) < 4.78 is 11.2. The summed E-state index contributed by atoms with van der Waals surface area (Å²) >= 11 is 0. The third-order valence-electron chi connectivity index (χ3n) is 3.73. The van der Waals surface area contributed by atoms with Gasteiger partial charge in [-0.2, -0.15) is 4.98 Å². The van der Waals surface area contributed by atoms with E-state index in [9.17, 15) is 0 Å². The molecule has 0 amide bonds. The second-order valence-electron chi connectivity index (χ2n) is 5.33. The Morgan fingerprint density at radius 1 is 1.33 bits per heavy atom. The minimum atomic E-state index is 0.239. The molecule has 1 aromatic heterocycles. The molecule has 0 bridgehead atoms. The third-order valence-corrected chi connectivity index (χ3v) is 3.73. The Morgan fingerprint density at radius 2 is 2.10 bits per heavy atom. The Hall–Kier alpha value is -1.92. The highest BCUT2D eigenvalue weighted by atomic mass is 16.5. The van der Waals surface area contributed by atoms with Gasteiger partial charge in [-0.3, -0.25) is 0 Å². The maximum Gasteiger partial charge on any atom is 0.240 e. The van der Waals surface area contributed by atoms with Crippen LogP contribution in [0, 0.1) is 0 Å². The average molecular weight is 288 g/mol. The molecule has 2 N–H and O–H groups in total. The van der Waals surface area contributed by atoms with Crippen molar-refractivity contribution < 1.29 is 9.26 Å². The molecule has 6 nitrogen and oxygen atoms in total. The molecule has 3 rings (SSSR count). The fraction of sp³-hybridized carbons (Fsp3) is 0.467. The second-order valence-corrected chi connectivity index (χ2v) is 5.33. The standard InChI is InChI=1S/C15H20N4O2/c1-19-8-6-11(7-9-19)20-13-5-3-2-4-12(13)15-17-14(10-16)21-18-15/h2-5,11H,6-10,16H2,1H3. The van der Waals surface area contributed by atoms with Crippen LogP contribution in [0.3, 0.4) is 0 Å². The molecule has 1 aliphatic heterocycles. The lowest BCUT2D eigenvalue weighted by Crippen LogP contribution is -2.35. The molecule has 1 aliphatic rings. The van der Waals surface area contributed by atoms with Gasteiger partial charge < -0.3 is 19.9 Å². The molecule has 1 aromatic carbocycles. The van der Waals surface area contributed by atoms with Gasteiger partial charge in [-0.1, -0.05) is 17.3 Å². The number of rotatable bonds is 4. The van der Waals surface area contributed by atoms with E-state index in [2.05, 4.69) is 22.1 Å². The molecule has 6 heteroatoms. The molecule has 0 aliphatic carbocycles. The Balaban J connectivity index is 1.79. The Labute approximate surface area is 123 Å². The van der Waals surface area contributed by atoms with Crippen molar-refractivity contribution in [1.29, 1.82) is 0 Å². The van der Waals surface area contributed by atoms with E-state index in [0.717, 1.165) is 37.2 Å². The lowest BCUT2D eigenvalue weighted by atomic mass is 10.1. The maximum atomic E-state index is 6.15. The second kappa shape index (κ2) is 6.24. The van der Waals surface area contributed by atoms with Gasteiger partial charge >= 0.3 is 0 Å². The van der Waals surface area contributed by atoms with Gasteiger partial charge in [0.15, 0.2) is 0 Å². The van der Waals surface area contributed by atoms with E-state index < -0.39 is 0 Å². The summed E-state index contributed by atoms with van der Waals surface area (Å²) in [5.41, 5.74) is 6.36. The predicted molar refractivity (Wildman–Crippen MR) is 78.8 cm³/mol. The number of ether oxygens (including phenoxy) is 1. The number of aromatic nitrogens is 2. The number of nitrogens with zero attached hydrogens (tertiary/aromatic N) is 3. The molecule has 21 heavy (non-hydrogen) atoms. The van der Waals surface area contributed by atoms with E-state index in [1.165, 1.54) is 0 Å². The Morgan fingerprint density at radius 3 is 2.81 bits per heavy atom. The topological polar surface area (TPSA) is 77.4 Å². The fourth-order valence-electron chi connectivity index (χ4n) is 2.48. The monoisotopic (exact) mass is 288 g/mol. The van der Waals surface area contributed by atoms with Crippen LogP contribution >= 0.6 is 0 Å². The van der Waals surface area contributed by atoms with E-state index in [-0.39, 0.29) is 12.6 Å². The quantitative estimate of drug-likeness (QED) is 0.922. The van der Waals surface area contributed by atoms with Crippen molar-refractivity contribution in [1.82, 2.24) is 15.0 Å². The van der Waals surface area contributed by atoms with Gasteiger partial charge in [0.2, 0.25) is 11.7 Å². The van der Waals surface area contributed by atoms with Crippen molar-refractivity contribution in [3.63, 3.8) is 0 Å². The Kier molecular flexibility index (Phi) is 4.17. The first-order valence-corrected chi connectivity index (χ1v) is 7.23. The largest absolute Gasteiger partial charge is 0.490 e. The van der Waals surface area contributed by atoms with E-state index in [0.29, 0.717) is 11.7 Å². The van der Waals surface area contributed by atoms with Gasteiger partial charge in [0.25, 0.3) is 0 Å². The van der Waals surface area contributed by atoms with Crippen molar-refractivity contribution in [2.24, 2.45) is 5.73 Å². The van der Waals surface area contributed by atoms with E-state index >= 15 is 0 Å². The minimum Gasteiger partial charge on any atom is -0.490 e. The molecule has 2 heterocycles. The predicted octanol–water partition coefficient (Wildman–Crippen LogP) is 1.67. The minimum absolute atomic E-state index is 0.239. The van der Waals surface area contributed by atoms with Crippen molar-refractivity contribution >= 4 is 0 Å². The van der Waals surface area contributed by atoms with Gasteiger partial charge in [0, 0.05) is 13.1 Å². The highest BCUT2D eigenvalue weighted by Crippen LogP contribution is 2.29. The molecule has 0 saturated carbocycles. The number of hydrogen-bond donors (Lipinski definition) is 1. The van der Waals surface area contributed by atoms with Crippen LogP contribution in [0.5, 0.6) is 5.75 Å². The smallest absolute Gasteiger partial charge is 0.240 e. The van der Waals surface area contributed by atoms with Crippen LogP contribution in [-0.2, 0) is 6.54 Å². The van der Waals surface area contributed by atoms with Gasteiger partial charge in [-0.15, -0.1) is 0 Å². The number of benzene rings is 1. The summed E-state index contributed by atoms with van der Waals surface area (Å²) in [6.07, 6.45) is 2.30. The van der Waals surface area contributed by atoms with Crippen LogP contribution in [0.2, 0.25) is 0 Å². The van der Waals surface area contributed by atoms with Gasteiger partial charge in [0.05, 0.1) is 12.1 Å². The van der Waals surface area contributed by atoms with Crippen LogP contribution in [-0.4, -0.2) is 41.3 Å². The van der Waals surface area contributed by atoms with Gasteiger partial charge in [-0.25, -0.2) is 0 Å². The summed E-state index contributed by atoms with van der Waals surface area (Å²) in [7, 11) is 2.14. The van der Waals surface area contributed by atoms with Crippen LogP contribution in [0.15, 0.2) is 28.8 Å². The van der Waals surface area contributed by atoms with Crippen LogP contribution in [0.4, 0.5) is 0 Å². The average Bonchev–Trinajstić information content (AvgIpc) is 2.99. The molecular formula is C15H20N4O2. The molecule has 0 radical (unpaired) electrons. The van der Waals surface area contributed by atoms with Crippen LogP contribution in [0.1, 0.15) is 18.7 Å². The lowest BCUT2D eigenvalue weighted by Gasteiger charge is -2.29. The zero-order valence-electron chi connectivity index (χ0n) is 12.2. The van der Waals surface area contributed by atoms with E-state index in [4.69, 9.17) is 15.0 Å². The number of hydrogen-bond acceptors (Lipinski definition) is 6. The summed E-state index contributed by atoms with van der Waals surface area (Å²) in [5.74, 6) is 1.76. The van der Waals surface area contributed by atoms with Gasteiger partial charge in [0.1, 0.15) is 11.9 Å². The molecular weight excluding hydrogens is 268 g/mol. The molecule has 2 aromatic rings. The maximum absolute atomic E-state index is 6.15. The third kappa shape index (κ3) is 3.22. The molecule has 0 atom stereocenters. The van der Waals surface area contributed by atoms with E-state index in [1.54, 1.807) is 0 Å². The first-order valence-electron chi connectivity index (χ1n) is 7.23. The number of nitrogens with two attached hydrogens (primary N) is 1. The van der Waals surface area contributed by atoms with Crippen molar-refractivity contribution in [3.8, 4) is 17.1 Å². The summed E-state index contributed by atoms with van der Waals surface area (Å²) in [6, 6.07) is 7.79. The molecule has 112 valence electrons. The van der Waals surface area contributed by atoms with Crippen LogP contribution < -0.4 is 10.5 Å². The molecule has 1 fully saturated rings. The SMILES string of the molecule is CN1CCC(Oc2ccccc2-c2noc(CN)n2)CC1.